The third-order valence-electron chi connectivity index (χ3n) is 2.89. The van der Waals surface area contributed by atoms with Crippen molar-refractivity contribution in [1.29, 1.82) is 0 Å². The zero-order valence-corrected chi connectivity index (χ0v) is 13.5. The largest absolute Gasteiger partial charge is 0.383 e. The van der Waals surface area contributed by atoms with Gasteiger partial charge in [0.05, 0.1) is 6.61 Å². The molecule has 1 aromatic carbocycles. The minimum absolute atomic E-state index is 0.586. The molecule has 18 heavy (non-hydrogen) atoms. The molecule has 1 aromatic rings. The number of benzene rings is 1. The Bertz CT molecular complexity index is 318. The summed E-state index contributed by atoms with van der Waals surface area (Å²) in [7, 11) is 1.74. The van der Waals surface area contributed by atoms with Crippen molar-refractivity contribution in [2.45, 2.75) is 12.3 Å². The average molecular weight is 332 g/mol. The van der Waals surface area contributed by atoms with Gasteiger partial charge in [0.2, 0.25) is 0 Å². The molecule has 2 nitrogen and oxygen atoms in total. The van der Waals surface area contributed by atoms with Gasteiger partial charge in [-0.05, 0) is 42.0 Å². The second kappa shape index (κ2) is 9.84. The van der Waals surface area contributed by atoms with E-state index < -0.39 is 0 Å². The molecule has 0 radical (unpaired) electrons. The fourth-order valence-electron chi connectivity index (χ4n) is 1.83. The predicted octanol–water partition coefficient (Wildman–Crippen LogP) is 3.52. The first-order valence-electron chi connectivity index (χ1n) is 6.22. The summed E-state index contributed by atoms with van der Waals surface area (Å²) in [5, 5.41) is 3.46. The van der Waals surface area contributed by atoms with Gasteiger partial charge >= 0.3 is 0 Å². The minimum Gasteiger partial charge on any atom is -0.383 e. The van der Waals surface area contributed by atoms with Crippen molar-refractivity contribution in [3.05, 3.63) is 34.3 Å². The first-order chi connectivity index (χ1) is 8.77. The quantitative estimate of drug-likeness (QED) is 0.699. The lowest BCUT2D eigenvalue weighted by Gasteiger charge is -2.18. The van der Waals surface area contributed by atoms with Gasteiger partial charge in [0.1, 0.15) is 0 Å². The van der Waals surface area contributed by atoms with Crippen LogP contribution in [0.1, 0.15) is 17.9 Å². The second-order valence-electron chi connectivity index (χ2n) is 4.23. The molecule has 0 saturated heterocycles. The van der Waals surface area contributed by atoms with Crippen molar-refractivity contribution in [1.82, 2.24) is 5.32 Å². The Morgan fingerprint density at radius 1 is 1.33 bits per heavy atom. The second-order valence-corrected chi connectivity index (χ2v) is 6.13. The Morgan fingerprint density at radius 3 is 2.67 bits per heavy atom. The Labute approximate surface area is 123 Å². The van der Waals surface area contributed by atoms with E-state index in [1.54, 1.807) is 7.11 Å². The lowest BCUT2D eigenvalue weighted by Crippen LogP contribution is -2.25. The average Bonchev–Trinajstić information content (AvgIpc) is 2.39. The normalized spacial score (nSPS) is 12.6. The molecule has 0 fully saturated rings. The Balaban J connectivity index is 2.51. The molecule has 0 aromatic heterocycles. The zero-order valence-electron chi connectivity index (χ0n) is 11.1. The summed E-state index contributed by atoms with van der Waals surface area (Å²) in [4.78, 5) is 0. The molecule has 0 spiro atoms. The van der Waals surface area contributed by atoms with E-state index in [-0.39, 0.29) is 0 Å². The maximum absolute atomic E-state index is 5.05. The van der Waals surface area contributed by atoms with Crippen LogP contribution in [-0.2, 0) is 4.74 Å². The van der Waals surface area contributed by atoms with Gasteiger partial charge in [-0.2, -0.15) is 11.8 Å². The topological polar surface area (TPSA) is 21.3 Å². The van der Waals surface area contributed by atoms with Crippen molar-refractivity contribution < 1.29 is 4.74 Å². The maximum Gasteiger partial charge on any atom is 0.0587 e. The molecule has 0 aliphatic rings. The molecule has 0 amide bonds. The summed E-state index contributed by atoms with van der Waals surface area (Å²) >= 11 is 5.39. The van der Waals surface area contributed by atoms with E-state index >= 15 is 0 Å². The summed E-state index contributed by atoms with van der Waals surface area (Å²) in [6, 6.07) is 8.67. The van der Waals surface area contributed by atoms with E-state index in [1.807, 2.05) is 11.8 Å². The molecule has 0 bridgehead atoms. The van der Waals surface area contributed by atoms with Crippen LogP contribution in [0.15, 0.2) is 28.7 Å². The van der Waals surface area contributed by atoms with Crippen LogP contribution in [0.25, 0.3) is 0 Å². The molecule has 102 valence electrons. The van der Waals surface area contributed by atoms with Crippen molar-refractivity contribution in [2.24, 2.45) is 0 Å². The van der Waals surface area contributed by atoms with Gasteiger partial charge in [-0.3, -0.25) is 0 Å². The number of halogens is 1. The fraction of sp³-hybridized carbons (Fsp3) is 0.571. The predicted molar refractivity (Wildman–Crippen MR) is 84.6 cm³/mol. The number of hydrogen-bond acceptors (Lipinski definition) is 3. The summed E-state index contributed by atoms with van der Waals surface area (Å²) in [5.41, 5.74) is 1.41. The zero-order chi connectivity index (χ0) is 13.2. The Hall–Kier alpha value is -0.0300. The highest BCUT2D eigenvalue weighted by Crippen LogP contribution is 2.22. The van der Waals surface area contributed by atoms with Crippen molar-refractivity contribution in [2.75, 3.05) is 38.8 Å². The number of thioether (sulfide) groups is 1. The maximum atomic E-state index is 5.05. The number of rotatable bonds is 9. The lowest BCUT2D eigenvalue weighted by molar-refractivity contribution is 0.199. The molecule has 0 aliphatic heterocycles. The standard InChI is InChI=1S/C14H22BrNOS/c1-17-9-8-16-11-13(7-10-18-2)12-3-5-14(15)6-4-12/h3-6,13,16H,7-11H2,1-2H3. The fourth-order valence-corrected chi connectivity index (χ4v) is 2.62. The van der Waals surface area contributed by atoms with Crippen LogP contribution in [0.3, 0.4) is 0 Å². The van der Waals surface area contributed by atoms with Crippen LogP contribution in [-0.4, -0.2) is 38.8 Å². The third-order valence-corrected chi connectivity index (χ3v) is 4.06. The third kappa shape index (κ3) is 6.23. The van der Waals surface area contributed by atoms with E-state index in [9.17, 15) is 0 Å². The number of nitrogens with one attached hydrogen (secondary N) is 1. The highest BCUT2D eigenvalue weighted by molar-refractivity contribution is 9.10. The van der Waals surface area contributed by atoms with Crippen LogP contribution in [0.4, 0.5) is 0 Å². The van der Waals surface area contributed by atoms with E-state index in [0.717, 1.165) is 24.2 Å². The molecular formula is C14H22BrNOS. The van der Waals surface area contributed by atoms with Gasteiger partial charge in [0.15, 0.2) is 0 Å². The number of hydrogen-bond donors (Lipinski definition) is 1. The molecule has 1 atom stereocenters. The summed E-state index contributed by atoms with van der Waals surface area (Å²) in [6.07, 6.45) is 3.37. The van der Waals surface area contributed by atoms with Crippen LogP contribution >= 0.6 is 27.7 Å². The number of ether oxygens (including phenoxy) is 1. The Morgan fingerprint density at radius 2 is 2.06 bits per heavy atom. The monoisotopic (exact) mass is 331 g/mol. The summed E-state index contributed by atoms with van der Waals surface area (Å²) in [5.74, 6) is 1.79. The van der Waals surface area contributed by atoms with Crippen LogP contribution in [0.5, 0.6) is 0 Å². The molecule has 0 heterocycles. The molecule has 1 unspecified atom stereocenters. The SMILES string of the molecule is COCCNCC(CCSC)c1ccc(Br)cc1. The molecule has 1 N–H and O–H groups in total. The van der Waals surface area contributed by atoms with Gasteiger partial charge in [0, 0.05) is 24.7 Å². The van der Waals surface area contributed by atoms with Crippen molar-refractivity contribution in [3.63, 3.8) is 0 Å². The Kier molecular flexibility index (Phi) is 8.76. The molecule has 0 saturated carbocycles. The van der Waals surface area contributed by atoms with Crippen LogP contribution in [0, 0.1) is 0 Å². The van der Waals surface area contributed by atoms with Gasteiger partial charge in [-0.25, -0.2) is 0 Å². The minimum atomic E-state index is 0.586. The summed E-state index contributed by atoms with van der Waals surface area (Å²) in [6.45, 7) is 2.71. The first kappa shape index (κ1) is 16.0. The van der Waals surface area contributed by atoms with E-state index in [1.165, 1.54) is 17.7 Å². The van der Waals surface area contributed by atoms with Crippen LogP contribution in [0.2, 0.25) is 0 Å². The van der Waals surface area contributed by atoms with Gasteiger partial charge in [-0.1, -0.05) is 28.1 Å². The van der Waals surface area contributed by atoms with E-state index in [0.29, 0.717) is 5.92 Å². The number of methoxy groups -OCH3 is 1. The smallest absolute Gasteiger partial charge is 0.0587 e. The highest BCUT2D eigenvalue weighted by Gasteiger charge is 2.10. The summed E-state index contributed by atoms with van der Waals surface area (Å²) < 4.78 is 6.19. The molecule has 0 aliphatic carbocycles. The molecular weight excluding hydrogens is 310 g/mol. The van der Waals surface area contributed by atoms with E-state index in [2.05, 4.69) is 51.8 Å². The lowest BCUT2D eigenvalue weighted by atomic mass is 9.96. The van der Waals surface area contributed by atoms with Gasteiger partial charge < -0.3 is 10.1 Å². The van der Waals surface area contributed by atoms with Crippen molar-refractivity contribution >= 4 is 27.7 Å². The van der Waals surface area contributed by atoms with Gasteiger partial charge in [0.25, 0.3) is 0 Å². The first-order valence-corrected chi connectivity index (χ1v) is 8.40. The molecule has 4 heteroatoms. The van der Waals surface area contributed by atoms with Crippen molar-refractivity contribution in [3.8, 4) is 0 Å². The molecule has 1 rings (SSSR count). The van der Waals surface area contributed by atoms with Crippen LogP contribution < -0.4 is 5.32 Å². The highest BCUT2D eigenvalue weighted by atomic mass is 79.9. The van der Waals surface area contributed by atoms with E-state index in [4.69, 9.17) is 4.74 Å². The van der Waals surface area contributed by atoms with Gasteiger partial charge in [-0.15, -0.1) is 0 Å².